The number of nitrogens with zero attached hydrogens (tertiary/aromatic N) is 4. The van der Waals surface area contributed by atoms with E-state index in [2.05, 4.69) is 27.1 Å². The summed E-state index contributed by atoms with van der Waals surface area (Å²) in [7, 11) is 2.02. The minimum Gasteiger partial charge on any atom is -0.494 e. The highest BCUT2D eigenvalue weighted by Gasteiger charge is 2.10. The monoisotopic (exact) mass is 358 g/mol. The highest BCUT2D eigenvalue weighted by molar-refractivity contribution is 7.16. The van der Waals surface area contributed by atoms with Crippen LogP contribution in [0.25, 0.3) is 4.96 Å². The third-order valence-electron chi connectivity index (χ3n) is 3.76. The van der Waals surface area contributed by atoms with Gasteiger partial charge in [-0.2, -0.15) is 9.61 Å². The van der Waals surface area contributed by atoms with Crippen molar-refractivity contribution in [2.75, 3.05) is 13.7 Å². The van der Waals surface area contributed by atoms with Gasteiger partial charge < -0.3 is 4.74 Å². The number of benzene rings is 1. The minimum absolute atomic E-state index is 0.120. The number of hydrogen-bond donors (Lipinski definition) is 0. The Kier molecular flexibility index (Phi) is 5.45. The fourth-order valence-corrected chi connectivity index (χ4v) is 3.48. The fraction of sp³-hybridized carbons (Fsp3) is 0.389. The van der Waals surface area contributed by atoms with Crippen LogP contribution in [0.5, 0.6) is 5.75 Å². The molecule has 0 N–H and O–H groups in total. The van der Waals surface area contributed by atoms with Crippen molar-refractivity contribution in [3.05, 3.63) is 57.0 Å². The van der Waals surface area contributed by atoms with Crippen molar-refractivity contribution in [1.29, 1.82) is 0 Å². The third-order valence-corrected chi connectivity index (χ3v) is 4.81. The van der Waals surface area contributed by atoms with Crippen LogP contribution < -0.4 is 10.3 Å². The average Bonchev–Trinajstić information content (AvgIpc) is 3.00. The Morgan fingerprint density at radius 1 is 1.20 bits per heavy atom. The highest BCUT2D eigenvalue weighted by atomic mass is 32.1. The van der Waals surface area contributed by atoms with E-state index in [-0.39, 0.29) is 5.56 Å². The normalized spacial score (nSPS) is 11.4. The number of aryl methyl sites for hydroxylation is 1. The Labute approximate surface area is 150 Å². The van der Waals surface area contributed by atoms with E-state index in [9.17, 15) is 4.79 Å². The molecule has 0 saturated heterocycles. The molecule has 3 aromatic rings. The Morgan fingerprint density at radius 3 is 2.64 bits per heavy atom. The lowest BCUT2D eigenvalue weighted by atomic mass is 10.2. The zero-order chi connectivity index (χ0) is 17.8. The van der Waals surface area contributed by atoms with Gasteiger partial charge in [0.25, 0.3) is 5.56 Å². The lowest BCUT2D eigenvalue weighted by molar-refractivity contribution is 0.314. The first-order chi connectivity index (χ1) is 12.1. The van der Waals surface area contributed by atoms with Gasteiger partial charge in [0.2, 0.25) is 4.96 Å². The summed E-state index contributed by atoms with van der Waals surface area (Å²) in [6.45, 7) is 6.05. The van der Waals surface area contributed by atoms with E-state index in [1.54, 1.807) is 6.07 Å². The summed E-state index contributed by atoms with van der Waals surface area (Å²) in [5, 5.41) is 5.20. The second-order valence-electron chi connectivity index (χ2n) is 5.88. The Bertz CT molecular complexity index is 902. The molecule has 25 heavy (non-hydrogen) atoms. The molecule has 0 aliphatic carbocycles. The van der Waals surface area contributed by atoms with Crippen LogP contribution in [-0.2, 0) is 19.5 Å². The first-order valence-electron chi connectivity index (χ1n) is 8.38. The Hall–Kier alpha value is -2.25. The summed E-state index contributed by atoms with van der Waals surface area (Å²) >= 11 is 1.47. The molecule has 7 heteroatoms. The van der Waals surface area contributed by atoms with E-state index in [1.807, 2.05) is 33.0 Å². The Morgan fingerprint density at radius 2 is 1.96 bits per heavy atom. The lowest BCUT2D eigenvalue weighted by Gasteiger charge is -2.16. The van der Waals surface area contributed by atoms with Gasteiger partial charge in [0.05, 0.1) is 12.3 Å². The molecule has 0 fully saturated rings. The summed E-state index contributed by atoms with van der Waals surface area (Å²) in [4.78, 5) is 19.6. The highest BCUT2D eigenvalue weighted by Crippen LogP contribution is 2.15. The largest absolute Gasteiger partial charge is 0.494 e. The summed E-state index contributed by atoms with van der Waals surface area (Å²) in [6, 6.07) is 9.65. The number of rotatable bonds is 7. The number of aromatic nitrogens is 3. The molecule has 0 atom stereocenters. The maximum Gasteiger partial charge on any atom is 0.275 e. The van der Waals surface area contributed by atoms with Gasteiger partial charge in [0, 0.05) is 19.2 Å². The molecule has 0 aliphatic rings. The zero-order valence-corrected chi connectivity index (χ0v) is 15.5. The van der Waals surface area contributed by atoms with Crippen LogP contribution in [0.2, 0.25) is 0 Å². The van der Waals surface area contributed by atoms with Crippen molar-refractivity contribution in [1.82, 2.24) is 19.5 Å². The van der Waals surface area contributed by atoms with Crippen LogP contribution >= 0.6 is 11.3 Å². The maximum absolute atomic E-state index is 12.2. The zero-order valence-electron chi connectivity index (χ0n) is 14.7. The number of hydrogen-bond acceptors (Lipinski definition) is 6. The number of fused-ring (bicyclic) bond motifs is 1. The first kappa shape index (κ1) is 17.6. The van der Waals surface area contributed by atoms with Crippen molar-refractivity contribution < 1.29 is 4.74 Å². The van der Waals surface area contributed by atoms with Gasteiger partial charge in [0.1, 0.15) is 10.8 Å². The molecule has 0 spiro atoms. The molecule has 0 amide bonds. The fourth-order valence-electron chi connectivity index (χ4n) is 2.62. The van der Waals surface area contributed by atoms with Crippen LogP contribution in [0.4, 0.5) is 0 Å². The van der Waals surface area contributed by atoms with Crippen LogP contribution in [0, 0.1) is 0 Å². The molecule has 0 unspecified atom stereocenters. The SMILES string of the molecule is CCOc1ccc(CN(C)Cc2cc(=O)n3nc(CC)sc3n2)cc1. The van der Waals surface area contributed by atoms with Crippen molar-refractivity contribution in [3.63, 3.8) is 0 Å². The van der Waals surface area contributed by atoms with Crippen molar-refractivity contribution in [2.24, 2.45) is 0 Å². The predicted octanol–water partition coefficient (Wildman–Crippen LogP) is 2.74. The second kappa shape index (κ2) is 7.76. The van der Waals surface area contributed by atoms with Crippen LogP contribution in [-0.4, -0.2) is 33.2 Å². The van der Waals surface area contributed by atoms with Gasteiger partial charge in [-0.15, -0.1) is 0 Å². The quantitative estimate of drug-likeness (QED) is 0.650. The maximum atomic E-state index is 12.2. The molecule has 0 bridgehead atoms. The summed E-state index contributed by atoms with van der Waals surface area (Å²) in [5.41, 5.74) is 1.84. The molecule has 1 aromatic carbocycles. The van der Waals surface area contributed by atoms with Gasteiger partial charge in [-0.25, -0.2) is 4.98 Å². The van der Waals surface area contributed by atoms with Crippen LogP contribution in [0.1, 0.15) is 30.1 Å². The minimum atomic E-state index is -0.120. The van der Waals surface area contributed by atoms with Crippen LogP contribution in [0.3, 0.4) is 0 Å². The van der Waals surface area contributed by atoms with E-state index in [0.717, 1.165) is 29.4 Å². The van der Waals surface area contributed by atoms with Gasteiger partial charge in [-0.1, -0.05) is 30.4 Å². The smallest absolute Gasteiger partial charge is 0.275 e. The van der Waals surface area contributed by atoms with E-state index in [0.29, 0.717) is 18.1 Å². The van der Waals surface area contributed by atoms with E-state index < -0.39 is 0 Å². The summed E-state index contributed by atoms with van der Waals surface area (Å²) in [5.74, 6) is 0.881. The van der Waals surface area contributed by atoms with Crippen molar-refractivity contribution in [2.45, 2.75) is 33.4 Å². The molecule has 0 saturated carbocycles. The molecule has 132 valence electrons. The summed E-state index contributed by atoms with van der Waals surface area (Å²) < 4.78 is 6.85. The van der Waals surface area contributed by atoms with Gasteiger partial charge in [-0.05, 0) is 38.1 Å². The predicted molar refractivity (Wildman–Crippen MR) is 99.3 cm³/mol. The standard InChI is InChI=1S/C18H22N4O2S/c1-4-16-20-22-17(23)10-14(19-18(22)25-16)12-21(3)11-13-6-8-15(9-7-13)24-5-2/h6-10H,4-5,11-12H2,1-3H3. The molecule has 0 aliphatic heterocycles. The van der Waals surface area contributed by atoms with E-state index in [1.165, 1.54) is 21.4 Å². The average molecular weight is 358 g/mol. The molecule has 6 nitrogen and oxygen atoms in total. The molecule has 2 heterocycles. The topological polar surface area (TPSA) is 59.7 Å². The molecule has 3 rings (SSSR count). The van der Waals surface area contributed by atoms with Crippen molar-refractivity contribution >= 4 is 16.3 Å². The van der Waals surface area contributed by atoms with Crippen molar-refractivity contribution in [3.8, 4) is 5.75 Å². The van der Waals surface area contributed by atoms with Gasteiger partial charge in [0.15, 0.2) is 0 Å². The third kappa shape index (κ3) is 4.24. The van der Waals surface area contributed by atoms with Gasteiger partial charge in [-0.3, -0.25) is 9.69 Å². The van der Waals surface area contributed by atoms with Gasteiger partial charge >= 0.3 is 0 Å². The molecular formula is C18H22N4O2S. The lowest BCUT2D eigenvalue weighted by Crippen LogP contribution is -2.21. The van der Waals surface area contributed by atoms with E-state index in [4.69, 9.17) is 4.74 Å². The Balaban J connectivity index is 1.70. The number of ether oxygens (including phenoxy) is 1. The molecule has 2 aromatic heterocycles. The summed E-state index contributed by atoms with van der Waals surface area (Å²) in [6.07, 6.45) is 0.806. The van der Waals surface area contributed by atoms with Crippen LogP contribution in [0.15, 0.2) is 35.1 Å². The second-order valence-corrected chi connectivity index (χ2v) is 6.92. The first-order valence-corrected chi connectivity index (χ1v) is 9.19. The molecule has 0 radical (unpaired) electrons. The molecular weight excluding hydrogens is 336 g/mol. The van der Waals surface area contributed by atoms with E-state index >= 15 is 0 Å².